The fraction of sp³-hybridized carbons (Fsp3) is 0.636. The van der Waals surface area contributed by atoms with E-state index in [0.29, 0.717) is 0 Å². The van der Waals surface area contributed by atoms with Crippen molar-refractivity contribution in [2.45, 2.75) is 25.0 Å². The van der Waals surface area contributed by atoms with Crippen LogP contribution in [0.4, 0.5) is 0 Å². The second-order valence-electron chi connectivity index (χ2n) is 3.98. The minimum Gasteiger partial charge on any atom is -0.480 e. The maximum Gasteiger partial charge on any atom is 0.322 e. The molecule has 0 saturated carbocycles. The highest BCUT2D eigenvalue weighted by molar-refractivity contribution is 5.73. The van der Waals surface area contributed by atoms with Crippen LogP contribution < -0.4 is 22.9 Å². The lowest BCUT2D eigenvalue weighted by atomic mass is 10.3. The van der Waals surface area contributed by atoms with Gasteiger partial charge in [-0.05, 0) is 6.92 Å². The molecular formula is C11H26N4O10. The van der Waals surface area contributed by atoms with Crippen LogP contribution in [0.3, 0.4) is 0 Å². The Morgan fingerprint density at radius 2 is 0.960 bits per heavy atom. The van der Waals surface area contributed by atoms with E-state index in [1.807, 2.05) is 0 Å². The standard InChI is InChI=1S/2C3H7NO3.C3H7NO2.C2H5NO2/c2*4-2(1-5)3(6)7;1-2(4)3(5)6;3-1-2(4)5/h2*2,5H,1,4H2,(H,6,7);2H,4H2,1H3,(H,5,6);1,3H2,(H,4,5)/t3*2-;/m000./s1. The summed E-state index contributed by atoms with van der Waals surface area (Å²) in [7, 11) is 0. The van der Waals surface area contributed by atoms with E-state index in [9.17, 15) is 19.2 Å². The van der Waals surface area contributed by atoms with Crippen molar-refractivity contribution in [3.05, 3.63) is 0 Å². The zero-order valence-electron chi connectivity index (χ0n) is 13.5. The van der Waals surface area contributed by atoms with Gasteiger partial charge in [-0.1, -0.05) is 0 Å². The van der Waals surface area contributed by atoms with Crippen LogP contribution in [0.2, 0.25) is 0 Å². The van der Waals surface area contributed by atoms with Crippen molar-refractivity contribution >= 4 is 23.9 Å². The van der Waals surface area contributed by atoms with E-state index in [0.717, 1.165) is 0 Å². The lowest BCUT2D eigenvalue weighted by molar-refractivity contribution is -0.140. The van der Waals surface area contributed by atoms with Crippen LogP contribution in [-0.4, -0.2) is 92.4 Å². The Balaban J connectivity index is -0.000000119. The fourth-order valence-corrected chi connectivity index (χ4v) is 0.156. The van der Waals surface area contributed by atoms with Crippen molar-refractivity contribution in [3.8, 4) is 0 Å². The van der Waals surface area contributed by atoms with Gasteiger partial charge in [0.15, 0.2) is 0 Å². The Morgan fingerprint density at radius 1 is 0.760 bits per heavy atom. The number of aliphatic carboxylic acids is 4. The number of aliphatic hydroxyl groups excluding tert-OH is 2. The van der Waals surface area contributed by atoms with Crippen molar-refractivity contribution in [2.75, 3.05) is 19.8 Å². The van der Waals surface area contributed by atoms with Crippen LogP contribution in [0.15, 0.2) is 0 Å². The Bertz CT molecular complexity index is 371. The maximum absolute atomic E-state index is 9.65. The Hall–Kier alpha value is -2.36. The molecule has 0 aliphatic heterocycles. The van der Waals surface area contributed by atoms with Gasteiger partial charge in [-0.2, -0.15) is 0 Å². The highest BCUT2D eigenvalue weighted by Gasteiger charge is 2.07. The highest BCUT2D eigenvalue weighted by Crippen LogP contribution is 1.71. The van der Waals surface area contributed by atoms with Crippen LogP contribution in [-0.2, 0) is 19.2 Å². The van der Waals surface area contributed by atoms with Crippen molar-refractivity contribution in [2.24, 2.45) is 22.9 Å². The van der Waals surface area contributed by atoms with Crippen molar-refractivity contribution in [3.63, 3.8) is 0 Å². The molecule has 3 atom stereocenters. The van der Waals surface area contributed by atoms with Gasteiger partial charge < -0.3 is 53.6 Å². The molecule has 0 radical (unpaired) electrons. The number of hydrogen-bond acceptors (Lipinski definition) is 10. The van der Waals surface area contributed by atoms with E-state index < -0.39 is 55.2 Å². The molecule has 0 aromatic heterocycles. The zero-order chi connectivity index (χ0) is 21.2. The second-order valence-corrected chi connectivity index (χ2v) is 3.98. The number of rotatable bonds is 6. The topological polar surface area (TPSA) is 294 Å². The third-order valence-electron chi connectivity index (χ3n) is 1.59. The molecule has 0 aliphatic rings. The Kier molecular flexibility index (Phi) is 24.0. The minimum absolute atomic E-state index is 0.278. The molecule has 14 nitrogen and oxygen atoms in total. The molecule has 14 heteroatoms. The normalized spacial score (nSPS) is 12.3. The smallest absolute Gasteiger partial charge is 0.322 e. The molecule has 0 rings (SSSR count). The summed E-state index contributed by atoms with van der Waals surface area (Å²) in [6.07, 6.45) is 0. The molecule has 25 heavy (non-hydrogen) atoms. The first-order chi connectivity index (χ1) is 11.3. The van der Waals surface area contributed by atoms with E-state index in [1.54, 1.807) is 0 Å². The van der Waals surface area contributed by atoms with Gasteiger partial charge in [0, 0.05) is 0 Å². The van der Waals surface area contributed by atoms with Gasteiger partial charge in [0.05, 0.1) is 19.8 Å². The van der Waals surface area contributed by atoms with Gasteiger partial charge in [0.2, 0.25) is 0 Å². The van der Waals surface area contributed by atoms with Crippen LogP contribution in [0.1, 0.15) is 6.92 Å². The predicted octanol–water partition coefficient (Wildman–Crippen LogP) is -4.77. The van der Waals surface area contributed by atoms with Crippen LogP contribution >= 0.6 is 0 Å². The van der Waals surface area contributed by atoms with Crippen LogP contribution in [0.5, 0.6) is 0 Å². The number of carboxylic acids is 4. The van der Waals surface area contributed by atoms with E-state index >= 15 is 0 Å². The van der Waals surface area contributed by atoms with Crippen molar-refractivity contribution in [1.29, 1.82) is 0 Å². The quantitative estimate of drug-likeness (QED) is 0.209. The number of carboxylic acid groups (broad SMARTS) is 4. The second kappa shape index (κ2) is 19.7. The first-order valence-electron chi connectivity index (χ1n) is 6.37. The Labute approximate surface area is 142 Å². The maximum atomic E-state index is 9.65. The molecule has 0 aromatic rings. The molecule has 0 amide bonds. The summed E-state index contributed by atoms with van der Waals surface area (Å²) in [5.74, 6) is -4.29. The molecule has 0 spiro atoms. The van der Waals surface area contributed by atoms with Crippen molar-refractivity contribution < 1.29 is 49.8 Å². The highest BCUT2D eigenvalue weighted by atomic mass is 16.4. The largest absolute Gasteiger partial charge is 0.480 e. The van der Waals surface area contributed by atoms with Crippen LogP contribution in [0, 0.1) is 0 Å². The summed E-state index contributed by atoms with van der Waals surface area (Å²) in [5.41, 5.74) is 18.9. The summed E-state index contributed by atoms with van der Waals surface area (Å²) >= 11 is 0. The zero-order valence-corrected chi connectivity index (χ0v) is 13.5. The molecule has 0 saturated heterocycles. The first kappa shape index (κ1) is 30.5. The third kappa shape index (κ3) is 34.1. The van der Waals surface area contributed by atoms with Gasteiger partial charge in [-0.25, -0.2) is 0 Å². The number of hydrogen-bond donors (Lipinski definition) is 10. The predicted molar refractivity (Wildman–Crippen MR) is 83.4 cm³/mol. The summed E-state index contributed by atoms with van der Waals surface area (Å²) in [6.45, 7) is 0.132. The number of aliphatic hydroxyl groups is 2. The molecule has 14 N–H and O–H groups in total. The lowest BCUT2D eigenvalue weighted by Crippen LogP contribution is -2.33. The SMILES string of the molecule is C[C@H](N)C(=O)O.NCC(=O)O.N[C@@H](CO)C(=O)O.N[C@@H](CO)C(=O)O. The van der Waals surface area contributed by atoms with Crippen LogP contribution in [0.25, 0.3) is 0 Å². The molecule has 0 heterocycles. The van der Waals surface area contributed by atoms with Gasteiger partial charge in [-0.3, -0.25) is 19.2 Å². The third-order valence-corrected chi connectivity index (χ3v) is 1.59. The van der Waals surface area contributed by atoms with Gasteiger partial charge in [-0.15, -0.1) is 0 Å². The van der Waals surface area contributed by atoms with E-state index in [4.69, 9.17) is 47.8 Å². The molecule has 0 fully saturated rings. The Morgan fingerprint density at radius 3 is 0.960 bits per heavy atom. The first-order valence-corrected chi connectivity index (χ1v) is 6.37. The van der Waals surface area contributed by atoms with E-state index in [1.165, 1.54) is 6.92 Å². The van der Waals surface area contributed by atoms with Crippen molar-refractivity contribution in [1.82, 2.24) is 0 Å². The number of carbonyl (C=O) groups is 4. The van der Waals surface area contributed by atoms with E-state index in [2.05, 4.69) is 5.73 Å². The monoisotopic (exact) mass is 374 g/mol. The average molecular weight is 374 g/mol. The summed E-state index contributed by atoms with van der Waals surface area (Å²) < 4.78 is 0. The summed E-state index contributed by atoms with van der Waals surface area (Å²) in [4.78, 5) is 38.1. The molecule has 0 aromatic carbocycles. The lowest BCUT2D eigenvalue weighted by Gasteiger charge is -1.96. The number of nitrogens with two attached hydrogens (primary N) is 4. The average Bonchev–Trinajstić information content (AvgIpc) is 2.54. The fourth-order valence-electron chi connectivity index (χ4n) is 0.156. The molecule has 150 valence electrons. The van der Waals surface area contributed by atoms with Gasteiger partial charge in [0.25, 0.3) is 0 Å². The molecular weight excluding hydrogens is 348 g/mol. The minimum atomic E-state index is -1.18. The summed E-state index contributed by atoms with van der Waals surface area (Å²) in [5, 5.41) is 47.3. The molecule has 0 bridgehead atoms. The van der Waals surface area contributed by atoms with E-state index in [-0.39, 0.29) is 6.54 Å². The van der Waals surface area contributed by atoms with Gasteiger partial charge in [0.1, 0.15) is 18.1 Å². The summed E-state index contributed by atoms with van der Waals surface area (Å²) in [6, 6.07) is -2.98. The van der Waals surface area contributed by atoms with Gasteiger partial charge >= 0.3 is 23.9 Å². The molecule has 0 aliphatic carbocycles. The molecule has 0 unspecified atom stereocenters.